The van der Waals surface area contributed by atoms with Gasteiger partial charge >= 0.3 is 0 Å². The zero-order valence-electron chi connectivity index (χ0n) is 17.3. The van der Waals surface area contributed by atoms with Crippen molar-refractivity contribution in [2.24, 2.45) is 0 Å². The molecule has 1 amide bonds. The van der Waals surface area contributed by atoms with Crippen molar-refractivity contribution in [3.8, 4) is 11.5 Å². The van der Waals surface area contributed by atoms with Gasteiger partial charge in [-0.15, -0.1) is 0 Å². The molecule has 1 atom stereocenters. The van der Waals surface area contributed by atoms with E-state index in [1.54, 1.807) is 32.4 Å². The molecule has 2 N–H and O–H groups in total. The van der Waals surface area contributed by atoms with Crippen LogP contribution in [-0.2, 0) is 0 Å². The van der Waals surface area contributed by atoms with Gasteiger partial charge in [0.15, 0.2) is 0 Å². The maximum Gasteiger partial charge on any atom is 0.251 e. The Morgan fingerprint density at radius 2 is 1.81 bits per heavy atom. The predicted octanol–water partition coefficient (Wildman–Crippen LogP) is 5.40. The van der Waals surface area contributed by atoms with Gasteiger partial charge in [-0.3, -0.25) is 4.79 Å². The maximum atomic E-state index is 12.8. The van der Waals surface area contributed by atoms with E-state index in [0.717, 1.165) is 27.8 Å². The van der Waals surface area contributed by atoms with Crippen molar-refractivity contribution >= 4 is 28.4 Å². The van der Waals surface area contributed by atoms with E-state index in [0.29, 0.717) is 22.9 Å². The summed E-state index contributed by atoms with van der Waals surface area (Å²) in [7, 11) is 3.19. The third-order valence-corrected chi connectivity index (χ3v) is 5.69. The van der Waals surface area contributed by atoms with E-state index in [-0.39, 0.29) is 11.8 Å². The molecule has 1 aromatic heterocycles. The number of benzene rings is 3. The van der Waals surface area contributed by atoms with Crippen LogP contribution in [0.15, 0.2) is 72.9 Å². The molecule has 4 aromatic rings. The first kappa shape index (κ1) is 20.8. The molecule has 0 spiro atoms. The fourth-order valence-electron chi connectivity index (χ4n) is 3.73. The summed E-state index contributed by atoms with van der Waals surface area (Å²) in [6.45, 7) is 0.427. The van der Waals surface area contributed by atoms with Gasteiger partial charge < -0.3 is 19.8 Å². The van der Waals surface area contributed by atoms with Crippen molar-refractivity contribution in [2.45, 2.75) is 5.92 Å². The Labute approximate surface area is 186 Å². The molecule has 6 heteroatoms. The molecule has 0 aliphatic rings. The lowest BCUT2D eigenvalue weighted by atomic mass is 9.90. The number of para-hydroxylation sites is 1. The number of carbonyl (C=O) groups is 1. The Bertz CT molecular complexity index is 1200. The van der Waals surface area contributed by atoms with Crippen molar-refractivity contribution in [2.75, 3.05) is 20.8 Å². The lowest BCUT2D eigenvalue weighted by Crippen LogP contribution is -2.28. The topological polar surface area (TPSA) is 63.4 Å². The highest BCUT2D eigenvalue weighted by atomic mass is 35.5. The van der Waals surface area contributed by atoms with E-state index in [4.69, 9.17) is 21.1 Å². The minimum absolute atomic E-state index is 0.0419. The second-order valence-corrected chi connectivity index (χ2v) is 7.58. The molecule has 31 heavy (non-hydrogen) atoms. The number of aromatic amines is 1. The molecule has 0 saturated carbocycles. The molecule has 0 aliphatic heterocycles. The van der Waals surface area contributed by atoms with Crippen molar-refractivity contribution < 1.29 is 14.3 Å². The smallest absolute Gasteiger partial charge is 0.251 e. The van der Waals surface area contributed by atoms with E-state index in [1.165, 1.54) is 0 Å². The summed E-state index contributed by atoms with van der Waals surface area (Å²) in [4.78, 5) is 16.2. The second-order valence-electron chi connectivity index (χ2n) is 7.17. The number of carbonyl (C=O) groups excluding carboxylic acids is 1. The normalized spacial score (nSPS) is 11.8. The van der Waals surface area contributed by atoms with Gasteiger partial charge in [-0.1, -0.05) is 41.9 Å². The number of H-pyrrole nitrogens is 1. The first-order valence-electron chi connectivity index (χ1n) is 9.92. The zero-order chi connectivity index (χ0) is 21.8. The minimum atomic E-state index is -0.192. The monoisotopic (exact) mass is 434 g/mol. The Morgan fingerprint density at radius 1 is 1.03 bits per heavy atom. The first-order chi connectivity index (χ1) is 15.1. The van der Waals surface area contributed by atoms with Crippen LogP contribution in [0.25, 0.3) is 10.9 Å². The number of hydrogen-bond donors (Lipinski definition) is 2. The predicted molar refractivity (Wildman–Crippen MR) is 123 cm³/mol. The zero-order valence-corrected chi connectivity index (χ0v) is 18.1. The maximum absolute atomic E-state index is 12.8. The quantitative estimate of drug-likeness (QED) is 0.409. The Balaban J connectivity index is 1.63. The van der Waals surface area contributed by atoms with Crippen LogP contribution in [0, 0.1) is 0 Å². The first-order valence-corrected chi connectivity index (χ1v) is 10.3. The van der Waals surface area contributed by atoms with Crippen molar-refractivity contribution in [1.82, 2.24) is 10.3 Å². The van der Waals surface area contributed by atoms with E-state index in [1.807, 2.05) is 48.7 Å². The molecule has 1 heterocycles. The van der Waals surface area contributed by atoms with E-state index >= 15 is 0 Å². The third-order valence-electron chi connectivity index (χ3n) is 5.40. The molecule has 158 valence electrons. The summed E-state index contributed by atoms with van der Waals surface area (Å²) in [5, 5.41) is 4.59. The summed E-state index contributed by atoms with van der Waals surface area (Å²) >= 11 is 6.19. The van der Waals surface area contributed by atoms with Crippen molar-refractivity contribution in [3.63, 3.8) is 0 Å². The molecule has 0 unspecified atom stereocenters. The summed E-state index contributed by atoms with van der Waals surface area (Å²) in [5.74, 6) is 1.09. The van der Waals surface area contributed by atoms with Gasteiger partial charge in [0.05, 0.1) is 19.2 Å². The van der Waals surface area contributed by atoms with Gasteiger partial charge in [0, 0.05) is 35.1 Å². The summed E-state index contributed by atoms with van der Waals surface area (Å²) < 4.78 is 10.5. The Kier molecular flexibility index (Phi) is 6.14. The highest BCUT2D eigenvalue weighted by molar-refractivity contribution is 6.32. The summed E-state index contributed by atoms with van der Waals surface area (Å²) in [6, 6.07) is 21.1. The van der Waals surface area contributed by atoms with Crippen LogP contribution in [0.1, 0.15) is 27.4 Å². The molecular formula is C25H23ClN2O3. The molecule has 5 nitrogen and oxygen atoms in total. The van der Waals surface area contributed by atoms with Gasteiger partial charge in [-0.2, -0.15) is 0 Å². The lowest BCUT2D eigenvalue weighted by Gasteiger charge is -2.19. The van der Waals surface area contributed by atoms with E-state index < -0.39 is 0 Å². The highest BCUT2D eigenvalue weighted by Gasteiger charge is 2.20. The Morgan fingerprint density at radius 3 is 2.52 bits per heavy atom. The van der Waals surface area contributed by atoms with Crippen LogP contribution in [0.2, 0.25) is 5.02 Å². The molecule has 0 saturated heterocycles. The van der Waals surface area contributed by atoms with Gasteiger partial charge in [-0.05, 0) is 47.5 Å². The van der Waals surface area contributed by atoms with Crippen LogP contribution >= 0.6 is 11.6 Å². The lowest BCUT2D eigenvalue weighted by molar-refractivity contribution is 0.0952. The fourth-order valence-corrected chi connectivity index (χ4v) is 3.99. The second kappa shape index (κ2) is 9.14. The highest BCUT2D eigenvalue weighted by Crippen LogP contribution is 2.31. The average molecular weight is 435 g/mol. The average Bonchev–Trinajstić information content (AvgIpc) is 3.23. The van der Waals surface area contributed by atoms with Gasteiger partial charge in [0.2, 0.25) is 0 Å². The summed E-state index contributed by atoms with van der Waals surface area (Å²) in [6.07, 6.45) is 2.01. The van der Waals surface area contributed by atoms with Crippen LogP contribution in [0.3, 0.4) is 0 Å². The van der Waals surface area contributed by atoms with Gasteiger partial charge in [-0.25, -0.2) is 0 Å². The number of ether oxygens (including phenoxy) is 2. The molecule has 3 aromatic carbocycles. The van der Waals surface area contributed by atoms with Crippen LogP contribution < -0.4 is 14.8 Å². The largest absolute Gasteiger partial charge is 0.497 e. The molecule has 4 rings (SSSR count). The number of aromatic nitrogens is 1. The van der Waals surface area contributed by atoms with E-state index in [9.17, 15) is 4.79 Å². The molecular weight excluding hydrogens is 412 g/mol. The standard InChI is InChI=1S/C25H23ClN2O3/c1-30-18-10-7-16(8-11-18)20(21-15-27-23-6-4-3-5-19(21)23)14-28-25(29)17-9-12-24(31-2)22(26)13-17/h3-13,15,20,27H,14H2,1-2H3,(H,28,29)/t20-/m1/s1. The van der Waals surface area contributed by atoms with Crippen molar-refractivity contribution in [1.29, 1.82) is 0 Å². The fraction of sp³-hybridized carbons (Fsp3) is 0.160. The number of amides is 1. The van der Waals surface area contributed by atoms with Crippen molar-refractivity contribution in [3.05, 3.63) is 94.6 Å². The molecule has 0 fully saturated rings. The number of rotatable bonds is 7. The van der Waals surface area contributed by atoms with Crippen LogP contribution in [-0.4, -0.2) is 31.7 Å². The number of fused-ring (bicyclic) bond motifs is 1. The van der Waals surface area contributed by atoms with Crippen LogP contribution in [0.5, 0.6) is 11.5 Å². The third kappa shape index (κ3) is 4.37. The minimum Gasteiger partial charge on any atom is -0.497 e. The van der Waals surface area contributed by atoms with Crippen LogP contribution in [0.4, 0.5) is 0 Å². The number of methoxy groups -OCH3 is 2. The van der Waals surface area contributed by atoms with Gasteiger partial charge in [0.1, 0.15) is 11.5 Å². The number of halogens is 1. The number of nitrogens with one attached hydrogen (secondary N) is 2. The molecule has 0 aliphatic carbocycles. The van der Waals surface area contributed by atoms with Gasteiger partial charge in [0.25, 0.3) is 5.91 Å². The molecule has 0 radical (unpaired) electrons. The summed E-state index contributed by atoms with van der Waals surface area (Å²) in [5.41, 5.74) is 3.75. The molecule has 0 bridgehead atoms. The Hall–Kier alpha value is -3.44. The number of hydrogen-bond acceptors (Lipinski definition) is 3. The van der Waals surface area contributed by atoms with E-state index in [2.05, 4.69) is 16.4 Å². The SMILES string of the molecule is COc1ccc([C@@H](CNC(=O)c2ccc(OC)c(Cl)c2)c2c[nH]c3ccccc23)cc1.